The van der Waals surface area contributed by atoms with Gasteiger partial charge in [0, 0.05) is 16.3 Å². The van der Waals surface area contributed by atoms with E-state index in [0.717, 1.165) is 9.75 Å². The Hall–Kier alpha value is -1.66. The monoisotopic (exact) mass is 336 g/mol. The van der Waals surface area contributed by atoms with E-state index in [1.165, 1.54) is 0 Å². The van der Waals surface area contributed by atoms with Crippen LogP contribution in [0.25, 0.3) is 0 Å². The molecule has 0 aromatic carbocycles. The zero-order valence-corrected chi connectivity index (χ0v) is 14.8. The Labute approximate surface area is 138 Å². The summed E-state index contributed by atoms with van der Waals surface area (Å²) in [7, 11) is 0. The van der Waals surface area contributed by atoms with E-state index in [9.17, 15) is 9.59 Å². The Balaban J connectivity index is 1.94. The van der Waals surface area contributed by atoms with Crippen molar-refractivity contribution in [2.45, 2.75) is 33.2 Å². The van der Waals surface area contributed by atoms with Crippen molar-refractivity contribution in [3.63, 3.8) is 0 Å². The highest BCUT2D eigenvalue weighted by atomic mass is 32.1. The van der Waals surface area contributed by atoms with Gasteiger partial charge in [0.05, 0.1) is 16.7 Å². The summed E-state index contributed by atoms with van der Waals surface area (Å²) in [4.78, 5) is 26.4. The average Bonchev–Trinajstić information content (AvgIpc) is 3.04. The van der Waals surface area contributed by atoms with Crippen molar-refractivity contribution in [1.29, 1.82) is 0 Å². The summed E-state index contributed by atoms with van der Waals surface area (Å²) in [5, 5.41) is 9.66. The number of thiophene rings is 2. The van der Waals surface area contributed by atoms with E-state index in [2.05, 4.69) is 10.6 Å². The van der Waals surface area contributed by atoms with Crippen LogP contribution in [0.3, 0.4) is 0 Å². The first-order chi connectivity index (χ1) is 10.3. The molecule has 0 saturated carbocycles. The molecule has 0 bridgehead atoms. The number of carbonyl (C=O) groups is 2. The molecule has 2 aromatic rings. The zero-order chi connectivity index (χ0) is 16.3. The SMILES string of the molecule is Cc1sccc1C(=O)NCC(C)(C)NC(=O)c1ccsc1C. The molecule has 0 spiro atoms. The molecule has 0 aliphatic carbocycles. The van der Waals surface area contributed by atoms with E-state index in [1.54, 1.807) is 22.7 Å². The molecule has 118 valence electrons. The maximum Gasteiger partial charge on any atom is 0.252 e. The smallest absolute Gasteiger partial charge is 0.252 e. The van der Waals surface area contributed by atoms with Crippen molar-refractivity contribution in [1.82, 2.24) is 10.6 Å². The molecule has 4 nitrogen and oxygen atoms in total. The number of rotatable bonds is 5. The Bertz CT molecular complexity index is 686. The third-order valence-corrected chi connectivity index (χ3v) is 5.04. The first-order valence-electron chi connectivity index (χ1n) is 6.99. The van der Waals surface area contributed by atoms with Gasteiger partial charge >= 0.3 is 0 Å². The fraction of sp³-hybridized carbons (Fsp3) is 0.375. The third-order valence-electron chi connectivity index (χ3n) is 3.35. The second-order valence-corrected chi connectivity index (χ2v) is 8.04. The molecule has 2 rings (SSSR count). The van der Waals surface area contributed by atoms with Crippen LogP contribution in [0.1, 0.15) is 44.3 Å². The first-order valence-corrected chi connectivity index (χ1v) is 8.75. The van der Waals surface area contributed by atoms with Crippen LogP contribution in [0.5, 0.6) is 0 Å². The normalized spacial score (nSPS) is 11.3. The molecule has 22 heavy (non-hydrogen) atoms. The lowest BCUT2D eigenvalue weighted by atomic mass is 10.0. The van der Waals surface area contributed by atoms with E-state index in [4.69, 9.17) is 0 Å². The molecule has 0 aliphatic rings. The second-order valence-electron chi connectivity index (χ2n) is 5.80. The third kappa shape index (κ3) is 3.96. The van der Waals surface area contributed by atoms with Crippen molar-refractivity contribution >= 4 is 34.5 Å². The van der Waals surface area contributed by atoms with Crippen LogP contribution in [0, 0.1) is 13.8 Å². The molecule has 0 radical (unpaired) electrons. The van der Waals surface area contributed by atoms with Gasteiger partial charge in [-0.05, 0) is 50.6 Å². The molecule has 2 amide bonds. The largest absolute Gasteiger partial charge is 0.350 e. The summed E-state index contributed by atoms with van der Waals surface area (Å²) in [5.74, 6) is -0.211. The van der Waals surface area contributed by atoms with Gasteiger partial charge in [-0.25, -0.2) is 0 Å². The topological polar surface area (TPSA) is 58.2 Å². The van der Waals surface area contributed by atoms with Gasteiger partial charge in [-0.2, -0.15) is 0 Å². The minimum atomic E-state index is -0.523. The van der Waals surface area contributed by atoms with E-state index in [1.807, 2.05) is 50.6 Å². The number of hydrogen-bond donors (Lipinski definition) is 2. The van der Waals surface area contributed by atoms with Gasteiger partial charge in [0.15, 0.2) is 0 Å². The molecule has 2 N–H and O–H groups in total. The van der Waals surface area contributed by atoms with Crippen LogP contribution >= 0.6 is 22.7 Å². The van der Waals surface area contributed by atoms with Crippen LogP contribution in [0.15, 0.2) is 22.9 Å². The van der Waals surface area contributed by atoms with Crippen LogP contribution in [-0.2, 0) is 0 Å². The molecular formula is C16H20N2O2S2. The predicted molar refractivity (Wildman–Crippen MR) is 92.0 cm³/mol. The van der Waals surface area contributed by atoms with Gasteiger partial charge in [-0.15, -0.1) is 22.7 Å². The lowest BCUT2D eigenvalue weighted by Crippen LogP contribution is -2.51. The Morgan fingerprint density at radius 2 is 1.50 bits per heavy atom. The lowest BCUT2D eigenvalue weighted by Gasteiger charge is -2.26. The summed E-state index contributed by atoms with van der Waals surface area (Å²) in [6.07, 6.45) is 0. The van der Waals surface area contributed by atoms with Crippen molar-refractivity contribution in [3.05, 3.63) is 43.8 Å². The lowest BCUT2D eigenvalue weighted by molar-refractivity contribution is 0.0881. The fourth-order valence-corrected chi connectivity index (χ4v) is 3.45. The number of aryl methyl sites for hydroxylation is 2. The van der Waals surface area contributed by atoms with E-state index >= 15 is 0 Å². The van der Waals surface area contributed by atoms with Gasteiger partial charge in [0.1, 0.15) is 0 Å². The molecule has 0 atom stereocenters. The minimum Gasteiger partial charge on any atom is -0.350 e. The first kappa shape index (κ1) is 16.7. The van der Waals surface area contributed by atoms with E-state index in [0.29, 0.717) is 17.7 Å². The highest BCUT2D eigenvalue weighted by molar-refractivity contribution is 7.10. The molecule has 0 fully saturated rings. The summed E-state index contributed by atoms with van der Waals surface area (Å²) in [6.45, 7) is 8.01. The number of nitrogens with one attached hydrogen (secondary N) is 2. The maximum absolute atomic E-state index is 12.3. The predicted octanol–water partition coefficient (Wildman–Crippen LogP) is 3.36. The Morgan fingerprint density at radius 3 is 1.95 bits per heavy atom. The van der Waals surface area contributed by atoms with Crippen molar-refractivity contribution in [3.8, 4) is 0 Å². The highest BCUT2D eigenvalue weighted by Crippen LogP contribution is 2.17. The van der Waals surface area contributed by atoms with Crippen LogP contribution < -0.4 is 10.6 Å². The molecule has 0 aliphatic heterocycles. The highest BCUT2D eigenvalue weighted by Gasteiger charge is 2.23. The zero-order valence-electron chi connectivity index (χ0n) is 13.1. The Morgan fingerprint density at radius 1 is 1.00 bits per heavy atom. The average molecular weight is 336 g/mol. The number of amides is 2. The number of hydrogen-bond acceptors (Lipinski definition) is 4. The van der Waals surface area contributed by atoms with Crippen molar-refractivity contribution in [2.75, 3.05) is 6.54 Å². The summed E-state index contributed by atoms with van der Waals surface area (Å²) in [6, 6.07) is 3.63. The van der Waals surface area contributed by atoms with Gasteiger partial charge < -0.3 is 10.6 Å². The molecule has 0 unspecified atom stereocenters. The molecule has 0 saturated heterocycles. The van der Waals surface area contributed by atoms with E-state index < -0.39 is 5.54 Å². The van der Waals surface area contributed by atoms with Crippen molar-refractivity contribution in [2.24, 2.45) is 0 Å². The van der Waals surface area contributed by atoms with Gasteiger partial charge in [-0.1, -0.05) is 0 Å². The minimum absolute atomic E-state index is 0.104. The van der Waals surface area contributed by atoms with Gasteiger partial charge in [0.25, 0.3) is 11.8 Å². The Kier molecular flexibility index (Phi) is 5.03. The summed E-state index contributed by atoms with van der Waals surface area (Å²) < 4.78 is 0. The summed E-state index contributed by atoms with van der Waals surface area (Å²) in [5.41, 5.74) is 0.865. The quantitative estimate of drug-likeness (QED) is 0.879. The molecule has 2 aromatic heterocycles. The maximum atomic E-state index is 12.3. The van der Waals surface area contributed by atoms with Crippen molar-refractivity contribution < 1.29 is 9.59 Å². The van der Waals surface area contributed by atoms with E-state index in [-0.39, 0.29) is 11.8 Å². The van der Waals surface area contributed by atoms with Crippen LogP contribution in [-0.4, -0.2) is 23.9 Å². The van der Waals surface area contributed by atoms with Crippen LogP contribution in [0.4, 0.5) is 0 Å². The summed E-state index contributed by atoms with van der Waals surface area (Å²) >= 11 is 3.09. The van der Waals surface area contributed by atoms with Gasteiger partial charge in [0.2, 0.25) is 0 Å². The molecule has 6 heteroatoms. The second kappa shape index (κ2) is 6.62. The molecule has 2 heterocycles. The molecular weight excluding hydrogens is 316 g/mol. The standard InChI is InChI=1S/C16H20N2O2S2/c1-10-12(5-7-21-10)14(19)17-9-16(3,4)18-15(20)13-6-8-22-11(13)2/h5-8H,9H2,1-4H3,(H,17,19)(H,18,20). The van der Waals surface area contributed by atoms with Gasteiger partial charge in [-0.3, -0.25) is 9.59 Å². The fourth-order valence-electron chi connectivity index (χ4n) is 2.06. The van der Waals surface area contributed by atoms with Crippen LogP contribution in [0.2, 0.25) is 0 Å². The number of carbonyl (C=O) groups excluding carboxylic acids is 2.